The van der Waals surface area contributed by atoms with Gasteiger partial charge in [-0.15, -0.1) is 11.3 Å². The van der Waals surface area contributed by atoms with Gasteiger partial charge in [0.2, 0.25) is 5.91 Å². The minimum Gasteiger partial charge on any atom is -0.296 e. The lowest BCUT2D eigenvalue weighted by molar-refractivity contribution is -0.115. The standard InChI is InChI=1S/C22H24FN3OS/c1-15-6-5-7-16(2)21(15)26(17(3)27)22-24-20(14-28-22)13-25(4)12-18-8-10-19(23)11-9-18/h5-11,14H,12-13H2,1-4H3. The normalized spacial score (nSPS) is 11.1. The number of rotatable bonds is 6. The van der Waals surface area contributed by atoms with Gasteiger partial charge >= 0.3 is 0 Å². The molecule has 0 aliphatic rings. The first-order valence-electron chi connectivity index (χ1n) is 9.09. The van der Waals surface area contributed by atoms with Crippen molar-refractivity contribution in [2.24, 2.45) is 0 Å². The van der Waals surface area contributed by atoms with Crippen molar-refractivity contribution in [3.63, 3.8) is 0 Å². The highest BCUT2D eigenvalue weighted by Crippen LogP contribution is 2.33. The highest BCUT2D eigenvalue weighted by molar-refractivity contribution is 7.14. The third-order valence-electron chi connectivity index (χ3n) is 4.51. The number of para-hydroxylation sites is 1. The molecule has 0 atom stereocenters. The molecule has 0 saturated carbocycles. The predicted octanol–water partition coefficient (Wildman–Crippen LogP) is 5.22. The average Bonchev–Trinajstić information content (AvgIpc) is 3.07. The maximum absolute atomic E-state index is 13.1. The first-order chi connectivity index (χ1) is 13.3. The first-order valence-corrected chi connectivity index (χ1v) is 9.97. The largest absolute Gasteiger partial charge is 0.296 e. The van der Waals surface area contributed by atoms with E-state index in [0.717, 1.165) is 28.1 Å². The summed E-state index contributed by atoms with van der Waals surface area (Å²) in [7, 11) is 2.00. The third kappa shape index (κ3) is 4.64. The van der Waals surface area contributed by atoms with E-state index in [1.165, 1.54) is 23.5 Å². The Balaban J connectivity index is 1.77. The van der Waals surface area contributed by atoms with Crippen LogP contribution in [0.5, 0.6) is 0 Å². The number of anilines is 2. The summed E-state index contributed by atoms with van der Waals surface area (Å²) in [6, 6.07) is 12.5. The molecule has 0 unspecified atom stereocenters. The monoisotopic (exact) mass is 397 g/mol. The molecule has 0 aliphatic carbocycles. The molecule has 0 aliphatic heterocycles. The number of amides is 1. The number of aryl methyl sites for hydroxylation is 2. The minimum absolute atomic E-state index is 0.0574. The molecule has 2 aromatic carbocycles. The number of thiazole rings is 1. The zero-order chi connectivity index (χ0) is 20.3. The Kier molecular flexibility index (Phi) is 6.21. The summed E-state index contributed by atoms with van der Waals surface area (Å²) in [4.78, 5) is 20.9. The fourth-order valence-electron chi connectivity index (χ4n) is 3.25. The zero-order valence-electron chi connectivity index (χ0n) is 16.6. The maximum atomic E-state index is 13.1. The summed E-state index contributed by atoms with van der Waals surface area (Å²) in [5.41, 5.74) is 4.93. The van der Waals surface area contributed by atoms with Gasteiger partial charge in [0.15, 0.2) is 5.13 Å². The van der Waals surface area contributed by atoms with Crippen LogP contribution in [0, 0.1) is 19.7 Å². The van der Waals surface area contributed by atoms with Crippen LogP contribution in [0.4, 0.5) is 15.2 Å². The molecule has 3 rings (SSSR count). The molecule has 1 heterocycles. The van der Waals surface area contributed by atoms with Crippen molar-refractivity contribution in [1.29, 1.82) is 0 Å². The quantitative estimate of drug-likeness (QED) is 0.572. The molecule has 146 valence electrons. The molecule has 0 N–H and O–H groups in total. The van der Waals surface area contributed by atoms with Gasteiger partial charge < -0.3 is 0 Å². The summed E-state index contributed by atoms with van der Waals surface area (Å²) in [6.45, 7) is 6.91. The topological polar surface area (TPSA) is 36.4 Å². The van der Waals surface area contributed by atoms with Crippen molar-refractivity contribution < 1.29 is 9.18 Å². The van der Waals surface area contributed by atoms with Gasteiger partial charge in [0.1, 0.15) is 5.82 Å². The Morgan fingerprint density at radius 3 is 2.32 bits per heavy atom. The van der Waals surface area contributed by atoms with Crippen molar-refractivity contribution in [2.45, 2.75) is 33.9 Å². The molecular weight excluding hydrogens is 373 g/mol. The Morgan fingerprint density at radius 2 is 1.71 bits per heavy atom. The van der Waals surface area contributed by atoms with Crippen LogP contribution in [0.15, 0.2) is 47.8 Å². The number of hydrogen-bond acceptors (Lipinski definition) is 4. The molecule has 1 aromatic heterocycles. The van der Waals surface area contributed by atoms with E-state index < -0.39 is 0 Å². The molecular formula is C22H24FN3OS. The Morgan fingerprint density at radius 1 is 1.07 bits per heavy atom. The van der Waals surface area contributed by atoms with Crippen LogP contribution in [0.1, 0.15) is 29.3 Å². The molecule has 0 fully saturated rings. The summed E-state index contributed by atoms with van der Waals surface area (Å²) in [5, 5.41) is 2.66. The van der Waals surface area contributed by atoms with E-state index in [1.807, 2.05) is 44.5 Å². The molecule has 0 bridgehead atoms. The number of hydrogen-bond donors (Lipinski definition) is 0. The van der Waals surface area contributed by atoms with Crippen LogP contribution in [0.25, 0.3) is 0 Å². The summed E-state index contributed by atoms with van der Waals surface area (Å²) >= 11 is 1.47. The fourth-order valence-corrected chi connectivity index (χ4v) is 4.12. The molecule has 3 aromatic rings. The van der Waals surface area contributed by atoms with Crippen molar-refractivity contribution in [3.05, 3.63) is 76.0 Å². The molecule has 4 nitrogen and oxygen atoms in total. The number of nitrogens with zero attached hydrogens (tertiary/aromatic N) is 3. The Bertz CT molecular complexity index is 948. The van der Waals surface area contributed by atoms with Gasteiger partial charge in [-0.3, -0.25) is 14.6 Å². The van der Waals surface area contributed by atoms with Crippen molar-refractivity contribution in [3.8, 4) is 0 Å². The Hall–Kier alpha value is -2.57. The Labute approximate surface area is 169 Å². The second-order valence-electron chi connectivity index (χ2n) is 7.02. The lowest BCUT2D eigenvalue weighted by atomic mass is 10.1. The second kappa shape index (κ2) is 8.63. The zero-order valence-corrected chi connectivity index (χ0v) is 17.4. The molecule has 6 heteroatoms. The lowest BCUT2D eigenvalue weighted by Gasteiger charge is -2.22. The van der Waals surface area contributed by atoms with Crippen LogP contribution < -0.4 is 4.90 Å². The smallest absolute Gasteiger partial charge is 0.230 e. The van der Waals surface area contributed by atoms with Crippen LogP contribution in [-0.4, -0.2) is 22.8 Å². The van der Waals surface area contributed by atoms with E-state index in [9.17, 15) is 9.18 Å². The second-order valence-corrected chi connectivity index (χ2v) is 7.85. The number of benzene rings is 2. The molecule has 1 amide bonds. The first kappa shape index (κ1) is 20.2. The SMILES string of the molecule is CC(=O)N(c1nc(CN(C)Cc2ccc(F)cc2)cs1)c1c(C)cccc1C. The van der Waals surface area contributed by atoms with Gasteiger partial charge in [-0.05, 0) is 49.7 Å². The molecule has 0 saturated heterocycles. The minimum atomic E-state index is -0.230. The van der Waals surface area contributed by atoms with Gasteiger partial charge in [0, 0.05) is 25.4 Å². The molecule has 28 heavy (non-hydrogen) atoms. The number of halogens is 1. The van der Waals surface area contributed by atoms with Crippen LogP contribution in [0.3, 0.4) is 0 Å². The van der Waals surface area contributed by atoms with E-state index in [2.05, 4.69) is 4.90 Å². The van der Waals surface area contributed by atoms with Crippen molar-refractivity contribution in [1.82, 2.24) is 9.88 Å². The van der Waals surface area contributed by atoms with Gasteiger partial charge in [-0.25, -0.2) is 9.37 Å². The maximum Gasteiger partial charge on any atom is 0.230 e. The number of carbonyl (C=O) groups excluding carboxylic acids is 1. The average molecular weight is 398 g/mol. The van der Waals surface area contributed by atoms with Crippen LogP contribution in [-0.2, 0) is 17.9 Å². The van der Waals surface area contributed by atoms with Crippen molar-refractivity contribution in [2.75, 3.05) is 11.9 Å². The lowest BCUT2D eigenvalue weighted by Crippen LogP contribution is -2.24. The third-order valence-corrected chi connectivity index (χ3v) is 5.38. The highest BCUT2D eigenvalue weighted by Gasteiger charge is 2.21. The van der Waals surface area contributed by atoms with Gasteiger partial charge in [0.25, 0.3) is 0 Å². The van der Waals surface area contributed by atoms with Crippen LogP contribution >= 0.6 is 11.3 Å². The van der Waals surface area contributed by atoms with E-state index in [0.29, 0.717) is 18.2 Å². The van der Waals surface area contributed by atoms with E-state index in [-0.39, 0.29) is 11.7 Å². The predicted molar refractivity (Wildman–Crippen MR) is 112 cm³/mol. The van der Waals surface area contributed by atoms with Crippen LogP contribution in [0.2, 0.25) is 0 Å². The summed E-state index contributed by atoms with van der Waals surface area (Å²) in [5.74, 6) is -0.288. The van der Waals surface area contributed by atoms with Gasteiger partial charge in [0.05, 0.1) is 11.4 Å². The van der Waals surface area contributed by atoms with E-state index in [1.54, 1.807) is 24.0 Å². The van der Waals surface area contributed by atoms with Gasteiger partial charge in [-0.2, -0.15) is 0 Å². The summed E-state index contributed by atoms with van der Waals surface area (Å²) < 4.78 is 13.1. The van der Waals surface area contributed by atoms with Gasteiger partial charge in [-0.1, -0.05) is 30.3 Å². The fraction of sp³-hybridized carbons (Fsp3) is 0.273. The van der Waals surface area contributed by atoms with E-state index >= 15 is 0 Å². The summed E-state index contributed by atoms with van der Waals surface area (Å²) in [6.07, 6.45) is 0. The van der Waals surface area contributed by atoms with Crippen molar-refractivity contribution >= 4 is 28.1 Å². The number of carbonyl (C=O) groups is 1. The highest BCUT2D eigenvalue weighted by atomic mass is 32.1. The van der Waals surface area contributed by atoms with E-state index in [4.69, 9.17) is 4.98 Å². The molecule has 0 radical (unpaired) electrons. The number of aromatic nitrogens is 1. The molecule has 0 spiro atoms.